The Labute approximate surface area is 100 Å². The molecule has 0 aromatic carbocycles. The summed E-state index contributed by atoms with van der Waals surface area (Å²) in [5.41, 5.74) is 0.499. The molecule has 0 atom stereocenters. The average Bonchev–Trinajstić information content (AvgIpc) is 2.66. The molecule has 2 rings (SSSR count). The molecule has 88 valence electrons. The summed E-state index contributed by atoms with van der Waals surface area (Å²) in [7, 11) is 0. The maximum atomic E-state index is 10.8. The third-order valence-corrected chi connectivity index (χ3v) is 2.56. The smallest absolute Gasteiger partial charge is 0.356 e. The number of aliphatic carboxylic acids is 1. The topological polar surface area (TPSA) is 91.9 Å². The first kappa shape index (κ1) is 11.4. The van der Waals surface area contributed by atoms with Crippen LogP contribution >= 0.6 is 11.6 Å². The highest BCUT2D eigenvalue weighted by molar-refractivity contribution is 6.31. The van der Waals surface area contributed by atoms with Crippen molar-refractivity contribution in [3.63, 3.8) is 0 Å². The number of fused-ring (bicyclic) bond motifs is 1. The van der Waals surface area contributed by atoms with E-state index in [-0.39, 0.29) is 17.1 Å². The molecule has 0 radical (unpaired) electrons. The predicted molar refractivity (Wildman–Crippen MR) is 58.5 cm³/mol. The van der Waals surface area contributed by atoms with Gasteiger partial charge in [-0.15, -0.1) is 0 Å². The lowest BCUT2D eigenvalue weighted by Crippen LogP contribution is -2.06. The van der Waals surface area contributed by atoms with E-state index >= 15 is 0 Å². The number of pyridine rings is 1. The highest BCUT2D eigenvalue weighted by Gasteiger charge is 2.14. The lowest BCUT2D eigenvalue weighted by molar-refractivity contribution is -0.136. The Morgan fingerprint density at radius 1 is 1.35 bits per heavy atom. The lowest BCUT2D eigenvalue weighted by Gasteiger charge is -2.04. The van der Waals surface area contributed by atoms with Crippen LogP contribution in [-0.4, -0.2) is 31.5 Å². The Morgan fingerprint density at radius 3 is 2.65 bits per heavy atom. The Kier molecular flexibility index (Phi) is 2.72. The molecule has 0 bridgehead atoms. The summed E-state index contributed by atoms with van der Waals surface area (Å²) in [6.07, 6.45) is 0.952. The van der Waals surface area contributed by atoms with Gasteiger partial charge >= 0.3 is 11.9 Å². The highest BCUT2D eigenvalue weighted by Crippen LogP contribution is 2.19. The van der Waals surface area contributed by atoms with Crippen LogP contribution in [0.4, 0.5) is 0 Å². The van der Waals surface area contributed by atoms with E-state index < -0.39 is 11.9 Å². The van der Waals surface area contributed by atoms with E-state index in [9.17, 15) is 9.59 Å². The van der Waals surface area contributed by atoms with Crippen LogP contribution < -0.4 is 0 Å². The van der Waals surface area contributed by atoms with Gasteiger partial charge in [-0.05, 0) is 12.1 Å². The quantitative estimate of drug-likeness (QED) is 0.862. The van der Waals surface area contributed by atoms with Gasteiger partial charge in [0.05, 0.1) is 17.1 Å². The number of carboxylic acid groups (broad SMARTS) is 2. The van der Waals surface area contributed by atoms with Crippen molar-refractivity contribution in [2.75, 3.05) is 0 Å². The van der Waals surface area contributed by atoms with Crippen LogP contribution in [0.15, 0.2) is 18.3 Å². The molecule has 7 heteroatoms. The minimum Gasteiger partial charge on any atom is -0.481 e. The van der Waals surface area contributed by atoms with Gasteiger partial charge in [-0.3, -0.25) is 4.79 Å². The van der Waals surface area contributed by atoms with Gasteiger partial charge in [0.15, 0.2) is 5.69 Å². The van der Waals surface area contributed by atoms with Gasteiger partial charge in [0.2, 0.25) is 0 Å². The van der Waals surface area contributed by atoms with Crippen LogP contribution in [0.5, 0.6) is 0 Å². The highest BCUT2D eigenvalue weighted by atomic mass is 35.5. The fourth-order valence-corrected chi connectivity index (χ4v) is 1.72. The number of nitrogens with zero attached hydrogens (tertiary/aromatic N) is 2. The van der Waals surface area contributed by atoms with Gasteiger partial charge in [-0.1, -0.05) is 11.6 Å². The van der Waals surface area contributed by atoms with Crippen LogP contribution in [0, 0.1) is 0 Å². The molecular weight excluding hydrogens is 248 g/mol. The molecule has 0 spiro atoms. The second-order valence-corrected chi connectivity index (χ2v) is 3.77. The Balaban J connectivity index is 2.66. The first-order chi connectivity index (χ1) is 7.99. The summed E-state index contributed by atoms with van der Waals surface area (Å²) < 4.78 is 1.37. The monoisotopic (exact) mass is 254 g/mol. The maximum Gasteiger partial charge on any atom is 0.356 e. The zero-order chi connectivity index (χ0) is 12.6. The molecule has 0 fully saturated rings. The van der Waals surface area contributed by atoms with Gasteiger partial charge < -0.3 is 14.6 Å². The Hall–Kier alpha value is -2.08. The van der Waals surface area contributed by atoms with Gasteiger partial charge in [-0.2, -0.15) is 0 Å². The number of aromatic carboxylic acids is 1. The van der Waals surface area contributed by atoms with Crippen LogP contribution in [0.3, 0.4) is 0 Å². The van der Waals surface area contributed by atoms with Crippen molar-refractivity contribution in [3.8, 4) is 0 Å². The molecule has 0 amide bonds. The molecule has 2 heterocycles. The number of aromatic nitrogens is 2. The normalized spacial score (nSPS) is 10.6. The van der Waals surface area contributed by atoms with Crippen molar-refractivity contribution in [2.45, 2.75) is 6.42 Å². The van der Waals surface area contributed by atoms with Crippen molar-refractivity contribution < 1.29 is 19.8 Å². The van der Waals surface area contributed by atoms with E-state index in [1.165, 1.54) is 22.7 Å². The minimum atomic E-state index is -1.17. The van der Waals surface area contributed by atoms with Crippen LogP contribution in [-0.2, 0) is 11.2 Å². The summed E-state index contributed by atoms with van der Waals surface area (Å²) in [6, 6.07) is 3.02. The number of rotatable bonds is 3. The van der Waals surface area contributed by atoms with Gasteiger partial charge in [-0.25, -0.2) is 9.78 Å². The van der Waals surface area contributed by atoms with Crippen molar-refractivity contribution >= 4 is 29.2 Å². The van der Waals surface area contributed by atoms with Gasteiger partial charge in [0.25, 0.3) is 0 Å². The Bertz CT molecular complexity index is 620. The van der Waals surface area contributed by atoms with Crippen molar-refractivity contribution in [3.05, 3.63) is 34.7 Å². The van der Waals surface area contributed by atoms with Crippen molar-refractivity contribution in [1.82, 2.24) is 9.38 Å². The SMILES string of the molecule is O=C(O)Cc1c(Cl)ccc2nc(C(=O)O)cn12. The second kappa shape index (κ2) is 4.06. The summed E-state index contributed by atoms with van der Waals surface area (Å²) >= 11 is 5.88. The standard InChI is InChI=1S/C10H7ClN2O4/c11-5-1-2-8-12-6(10(16)17)4-13(8)7(5)3-9(14)15/h1-2,4H,3H2,(H,14,15)(H,16,17). The molecule has 17 heavy (non-hydrogen) atoms. The number of carboxylic acids is 2. The molecular formula is C10H7ClN2O4. The number of hydrogen-bond acceptors (Lipinski definition) is 3. The number of imidazole rings is 1. The first-order valence-electron chi connectivity index (χ1n) is 4.60. The summed E-state index contributed by atoms with van der Waals surface area (Å²) in [4.78, 5) is 25.3. The minimum absolute atomic E-state index is 0.154. The number of hydrogen-bond donors (Lipinski definition) is 2. The molecule has 2 aromatic heterocycles. The molecule has 2 N–H and O–H groups in total. The molecule has 0 aliphatic carbocycles. The number of halogens is 1. The number of carbonyl (C=O) groups is 2. The maximum absolute atomic E-state index is 10.8. The summed E-state index contributed by atoms with van der Waals surface area (Å²) in [5.74, 6) is -2.23. The van der Waals surface area contributed by atoms with Crippen LogP contribution in [0.25, 0.3) is 5.65 Å². The zero-order valence-corrected chi connectivity index (χ0v) is 9.18. The van der Waals surface area contributed by atoms with E-state index in [0.29, 0.717) is 11.3 Å². The summed E-state index contributed by atoms with van der Waals surface area (Å²) in [6.45, 7) is 0. The molecule has 0 aliphatic rings. The predicted octanol–water partition coefficient (Wildman–Crippen LogP) is 1.31. The van der Waals surface area contributed by atoms with E-state index in [0.717, 1.165) is 0 Å². The summed E-state index contributed by atoms with van der Waals surface area (Å²) in [5, 5.41) is 17.8. The first-order valence-corrected chi connectivity index (χ1v) is 4.98. The van der Waals surface area contributed by atoms with E-state index in [4.69, 9.17) is 21.8 Å². The lowest BCUT2D eigenvalue weighted by atomic mass is 10.2. The van der Waals surface area contributed by atoms with Gasteiger partial charge in [0, 0.05) is 6.20 Å². The zero-order valence-electron chi connectivity index (χ0n) is 8.42. The third-order valence-electron chi connectivity index (χ3n) is 2.22. The molecule has 0 aliphatic heterocycles. The molecule has 0 unspecified atom stereocenters. The molecule has 2 aromatic rings. The van der Waals surface area contributed by atoms with Crippen LogP contribution in [0.2, 0.25) is 5.02 Å². The molecule has 0 saturated heterocycles. The van der Waals surface area contributed by atoms with Crippen molar-refractivity contribution in [2.24, 2.45) is 0 Å². The average molecular weight is 255 g/mol. The van der Waals surface area contributed by atoms with E-state index in [1.807, 2.05) is 0 Å². The van der Waals surface area contributed by atoms with Crippen molar-refractivity contribution in [1.29, 1.82) is 0 Å². The Morgan fingerprint density at radius 2 is 2.06 bits per heavy atom. The fraction of sp³-hybridized carbons (Fsp3) is 0.100. The van der Waals surface area contributed by atoms with Gasteiger partial charge in [0.1, 0.15) is 5.65 Å². The van der Waals surface area contributed by atoms with E-state index in [2.05, 4.69) is 4.98 Å². The van der Waals surface area contributed by atoms with E-state index in [1.54, 1.807) is 0 Å². The third kappa shape index (κ3) is 2.07. The molecule has 0 saturated carbocycles. The fourth-order valence-electron chi connectivity index (χ4n) is 1.50. The molecule has 6 nitrogen and oxygen atoms in total. The largest absolute Gasteiger partial charge is 0.481 e. The van der Waals surface area contributed by atoms with Crippen LogP contribution in [0.1, 0.15) is 16.2 Å². The second-order valence-electron chi connectivity index (χ2n) is 3.36.